The maximum Gasteiger partial charge on any atom is 0.251 e. The Labute approximate surface area is 116 Å². The molecule has 0 heterocycles. The fourth-order valence-electron chi connectivity index (χ4n) is 1.40. The summed E-state index contributed by atoms with van der Waals surface area (Å²) < 4.78 is 0. The summed E-state index contributed by atoms with van der Waals surface area (Å²) in [5.41, 5.74) is 0.511. The van der Waals surface area contributed by atoms with E-state index < -0.39 is 0 Å². The summed E-state index contributed by atoms with van der Waals surface area (Å²) in [7, 11) is 0. The monoisotopic (exact) mass is 293 g/mol. The summed E-state index contributed by atoms with van der Waals surface area (Å²) in [5.74, 6) is 0.457. The van der Waals surface area contributed by atoms with Gasteiger partial charge >= 0.3 is 0 Å². The van der Waals surface area contributed by atoms with Crippen LogP contribution in [0.5, 0.6) is 0 Å². The van der Waals surface area contributed by atoms with Crippen molar-refractivity contribution in [2.24, 2.45) is 0 Å². The van der Waals surface area contributed by atoms with E-state index >= 15 is 0 Å². The molecule has 0 aromatic heterocycles. The number of nitrogens with one attached hydrogen (secondary N) is 1. The zero-order valence-electron chi connectivity index (χ0n) is 9.47. The fraction of sp³-hybridized carbons (Fsp3) is 0.417. The van der Waals surface area contributed by atoms with Gasteiger partial charge in [0, 0.05) is 17.5 Å². The molecule has 1 unspecified atom stereocenters. The standard InChI is InChI=1S/C12H14Cl3NO/c1-8(3-2-6-13)16-12(17)9-4-5-10(14)11(15)7-9/h4-5,7-8H,2-3,6H2,1H3,(H,16,17). The molecule has 0 radical (unpaired) electrons. The molecule has 1 aromatic rings. The van der Waals surface area contributed by atoms with Gasteiger partial charge < -0.3 is 5.32 Å². The van der Waals surface area contributed by atoms with Gasteiger partial charge in [-0.25, -0.2) is 0 Å². The lowest BCUT2D eigenvalue weighted by molar-refractivity contribution is 0.0938. The number of alkyl halides is 1. The summed E-state index contributed by atoms with van der Waals surface area (Å²) >= 11 is 17.2. The van der Waals surface area contributed by atoms with Gasteiger partial charge in [0.1, 0.15) is 0 Å². The average molecular weight is 295 g/mol. The number of halogens is 3. The van der Waals surface area contributed by atoms with Crippen molar-refractivity contribution in [3.05, 3.63) is 33.8 Å². The average Bonchev–Trinajstić information content (AvgIpc) is 2.30. The van der Waals surface area contributed by atoms with Crippen molar-refractivity contribution in [1.82, 2.24) is 5.32 Å². The summed E-state index contributed by atoms with van der Waals surface area (Å²) in [6.45, 7) is 1.95. The van der Waals surface area contributed by atoms with Crippen LogP contribution in [0.3, 0.4) is 0 Å². The van der Waals surface area contributed by atoms with E-state index in [1.54, 1.807) is 18.2 Å². The molecule has 0 saturated heterocycles. The molecule has 1 aromatic carbocycles. The minimum absolute atomic E-state index is 0.0932. The van der Waals surface area contributed by atoms with Crippen LogP contribution in [0.1, 0.15) is 30.1 Å². The van der Waals surface area contributed by atoms with Crippen LogP contribution in [0.4, 0.5) is 0 Å². The molecular formula is C12H14Cl3NO. The minimum atomic E-state index is -0.148. The quantitative estimate of drug-likeness (QED) is 0.813. The van der Waals surface area contributed by atoms with E-state index in [1.807, 2.05) is 6.92 Å². The Morgan fingerprint density at radius 1 is 1.35 bits per heavy atom. The molecule has 0 aliphatic heterocycles. The molecule has 94 valence electrons. The van der Waals surface area contributed by atoms with E-state index in [0.717, 1.165) is 12.8 Å². The number of benzene rings is 1. The lowest BCUT2D eigenvalue weighted by atomic mass is 10.1. The van der Waals surface area contributed by atoms with E-state index in [0.29, 0.717) is 21.5 Å². The number of carbonyl (C=O) groups excluding carboxylic acids is 1. The Morgan fingerprint density at radius 2 is 2.06 bits per heavy atom. The molecule has 0 spiro atoms. The smallest absolute Gasteiger partial charge is 0.251 e. The minimum Gasteiger partial charge on any atom is -0.350 e. The second kappa shape index (κ2) is 7.10. The number of carbonyl (C=O) groups is 1. The van der Waals surface area contributed by atoms with Crippen molar-refractivity contribution in [2.75, 3.05) is 5.88 Å². The highest BCUT2D eigenvalue weighted by Gasteiger charge is 2.10. The molecule has 0 fully saturated rings. The summed E-state index contributed by atoms with van der Waals surface area (Å²) in [4.78, 5) is 11.8. The maximum atomic E-state index is 11.8. The topological polar surface area (TPSA) is 29.1 Å². The van der Waals surface area contributed by atoms with Crippen LogP contribution in [0.25, 0.3) is 0 Å². The highest BCUT2D eigenvalue weighted by atomic mass is 35.5. The van der Waals surface area contributed by atoms with Crippen LogP contribution >= 0.6 is 34.8 Å². The molecular weight excluding hydrogens is 280 g/mol. The van der Waals surface area contributed by atoms with Crippen LogP contribution in [0.2, 0.25) is 10.0 Å². The van der Waals surface area contributed by atoms with E-state index in [9.17, 15) is 4.79 Å². The predicted molar refractivity (Wildman–Crippen MR) is 73.3 cm³/mol. The predicted octanol–water partition coefficient (Wildman–Crippen LogP) is 4.13. The first-order valence-corrected chi connectivity index (χ1v) is 6.65. The van der Waals surface area contributed by atoms with Crippen molar-refractivity contribution < 1.29 is 4.79 Å². The molecule has 0 aliphatic rings. The van der Waals surface area contributed by atoms with Crippen molar-refractivity contribution in [3.8, 4) is 0 Å². The number of rotatable bonds is 5. The molecule has 0 saturated carbocycles. The molecule has 0 aliphatic carbocycles. The van der Waals surface area contributed by atoms with Gasteiger partial charge in [-0.2, -0.15) is 0 Å². The van der Waals surface area contributed by atoms with Crippen molar-refractivity contribution in [2.45, 2.75) is 25.8 Å². The Morgan fingerprint density at radius 3 is 2.65 bits per heavy atom. The molecule has 1 rings (SSSR count). The van der Waals surface area contributed by atoms with E-state index in [4.69, 9.17) is 34.8 Å². The van der Waals surface area contributed by atoms with Gasteiger partial charge in [-0.05, 0) is 38.0 Å². The van der Waals surface area contributed by atoms with Crippen LogP contribution < -0.4 is 5.32 Å². The van der Waals surface area contributed by atoms with Crippen molar-refractivity contribution in [3.63, 3.8) is 0 Å². The fourth-order valence-corrected chi connectivity index (χ4v) is 1.85. The van der Waals surface area contributed by atoms with E-state index in [-0.39, 0.29) is 11.9 Å². The van der Waals surface area contributed by atoms with E-state index in [2.05, 4.69) is 5.32 Å². The number of hydrogen-bond acceptors (Lipinski definition) is 1. The first-order valence-electron chi connectivity index (χ1n) is 5.36. The SMILES string of the molecule is CC(CCCCl)NC(=O)c1ccc(Cl)c(Cl)c1. The number of amides is 1. The van der Waals surface area contributed by atoms with Crippen LogP contribution in [0.15, 0.2) is 18.2 Å². The molecule has 17 heavy (non-hydrogen) atoms. The second-order valence-electron chi connectivity index (χ2n) is 3.83. The highest BCUT2D eigenvalue weighted by Crippen LogP contribution is 2.22. The highest BCUT2D eigenvalue weighted by molar-refractivity contribution is 6.42. The zero-order chi connectivity index (χ0) is 12.8. The first kappa shape index (κ1) is 14.6. The maximum absolute atomic E-state index is 11.8. The molecule has 0 bridgehead atoms. The molecule has 2 nitrogen and oxygen atoms in total. The number of hydrogen-bond donors (Lipinski definition) is 1. The van der Waals surface area contributed by atoms with Crippen LogP contribution in [-0.2, 0) is 0 Å². The zero-order valence-corrected chi connectivity index (χ0v) is 11.7. The van der Waals surface area contributed by atoms with Gasteiger partial charge in [0.05, 0.1) is 10.0 Å². The van der Waals surface area contributed by atoms with Gasteiger partial charge in [-0.3, -0.25) is 4.79 Å². The summed E-state index contributed by atoms with van der Waals surface area (Å²) in [6, 6.07) is 4.92. The Balaban J connectivity index is 2.60. The summed E-state index contributed by atoms with van der Waals surface area (Å²) in [5, 5.41) is 3.70. The van der Waals surface area contributed by atoms with E-state index in [1.165, 1.54) is 0 Å². The third-order valence-corrected chi connectivity index (χ3v) is 3.34. The van der Waals surface area contributed by atoms with Crippen LogP contribution in [-0.4, -0.2) is 17.8 Å². The third kappa shape index (κ3) is 4.74. The normalized spacial score (nSPS) is 12.2. The Bertz CT molecular complexity index is 395. The van der Waals surface area contributed by atoms with Crippen molar-refractivity contribution >= 4 is 40.7 Å². The summed E-state index contributed by atoms with van der Waals surface area (Å²) in [6.07, 6.45) is 1.74. The first-order chi connectivity index (χ1) is 8.04. The van der Waals surface area contributed by atoms with Gasteiger partial charge in [0.25, 0.3) is 5.91 Å². The lowest BCUT2D eigenvalue weighted by Gasteiger charge is -2.13. The van der Waals surface area contributed by atoms with Crippen LogP contribution in [0, 0.1) is 0 Å². The molecule has 1 amide bonds. The van der Waals surface area contributed by atoms with Crippen molar-refractivity contribution in [1.29, 1.82) is 0 Å². The lowest BCUT2D eigenvalue weighted by Crippen LogP contribution is -2.32. The Hall–Kier alpha value is -0.440. The van der Waals surface area contributed by atoms with Gasteiger partial charge in [0.15, 0.2) is 0 Å². The third-order valence-electron chi connectivity index (χ3n) is 2.33. The molecule has 1 N–H and O–H groups in total. The largest absolute Gasteiger partial charge is 0.350 e. The van der Waals surface area contributed by atoms with Gasteiger partial charge in [-0.1, -0.05) is 23.2 Å². The second-order valence-corrected chi connectivity index (χ2v) is 5.03. The molecule has 5 heteroatoms. The molecule has 1 atom stereocenters. The van der Waals surface area contributed by atoms with Gasteiger partial charge in [0.2, 0.25) is 0 Å². The van der Waals surface area contributed by atoms with Gasteiger partial charge in [-0.15, -0.1) is 11.6 Å². The Kier molecular flexibility index (Phi) is 6.10.